The highest BCUT2D eigenvalue weighted by atomic mass is 16.2. The average Bonchev–Trinajstić information content (AvgIpc) is 2.39. The second-order valence-corrected chi connectivity index (χ2v) is 4.16. The van der Waals surface area contributed by atoms with E-state index in [9.17, 15) is 9.59 Å². The van der Waals surface area contributed by atoms with E-state index in [2.05, 4.69) is 5.32 Å². The van der Waals surface area contributed by atoms with Crippen LogP contribution in [0.4, 0.5) is 0 Å². The predicted octanol–water partition coefficient (Wildman–Crippen LogP) is 0.564. The molecular weight excluding hydrogens is 192 g/mol. The van der Waals surface area contributed by atoms with Crippen LogP contribution in [-0.2, 0) is 9.59 Å². The molecule has 1 fully saturated rings. The van der Waals surface area contributed by atoms with Crippen LogP contribution in [0.15, 0.2) is 0 Å². The molecule has 2 atom stereocenters. The Kier molecular flexibility index (Phi) is 4.27. The summed E-state index contributed by atoms with van der Waals surface area (Å²) in [6.45, 7) is 4.05. The number of nitrogens with zero attached hydrogens (tertiary/aromatic N) is 1. The van der Waals surface area contributed by atoms with Crippen LogP contribution in [0.1, 0.15) is 33.1 Å². The van der Waals surface area contributed by atoms with Crippen LogP contribution in [0.5, 0.6) is 0 Å². The summed E-state index contributed by atoms with van der Waals surface area (Å²) < 4.78 is 0. The summed E-state index contributed by atoms with van der Waals surface area (Å²) in [5.74, 6) is 0.123. The molecule has 1 N–H and O–H groups in total. The molecule has 0 aliphatic carbocycles. The Balaban J connectivity index is 2.77. The molecule has 15 heavy (non-hydrogen) atoms. The Morgan fingerprint density at radius 1 is 1.53 bits per heavy atom. The first-order valence-electron chi connectivity index (χ1n) is 5.56. The van der Waals surface area contributed by atoms with Crippen molar-refractivity contribution in [1.82, 2.24) is 10.2 Å². The van der Waals surface area contributed by atoms with E-state index in [1.165, 1.54) is 6.92 Å². The molecule has 86 valence electrons. The van der Waals surface area contributed by atoms with Crippen LogP contribution in [0.25, 0.3) is 0 Å². The predicted molar refractivity (Wildman–Crippen MR) is 58.6 cm³/mol. The summed E-state index contributed by atoms with van der Waals surface area (Å²) in [5.41, 5.74) is 0. The van der Waals surface area contributed by atoms with Gasteiger partial charge in [-0.05, 0) is 40.2 Å². The van der Waals surface area contributed by atoms with Crippen molar-refractivity contribution < 1.29 is 9.59 Å². The number of likely N-dealkylation sites (N-methyl/N-ethyl adjacent to an activating group) is 1. The number of hydrogen-bond donors (Lipinski definition) is 1. The molecule has 0 aromatic rings. The molecule has 1 aliphatic heterocycles. The fraction of sp³-hybridized carbons (Fsp3) is 0.818. The van der Waals surface area contributed by atoms with Gasteiger partial charge in [0.1, 0.15) is 0 Å². The van der Waals surface area contributed by atoms with E-state index >= 15 is 0 Å². The van der Waals surface area contributed by atoms with Gasteiger partial charge in [-0.25, -0.2) is 0 Å². The minimum atomic E-state index is -0.286. The maximum atomic E-state index is 12.0. The summed E-state index contributed by atoms with van der Waals surface area (Å²) in [6.07, 6.45) is 2.90. The molecule has 0 saturated carbocycles. The summed E-state index contributed by atoms with van der Waals surface area (Å²) in [6, 6.07) is -0.402. The molecule has 1 heterocycles. The molecule has 0 spiro atoms. The Bertz CT molecular complexity index is 253. The molecule has 0 aromatic heterocycles. The monoisotopic (exact) mass is 212 g/mol. The molecule has 2 unspecified atom stereocenters. The van der Waals surface area contributed by atoms with Gasteiger partial charge in [-0.3, -0.25) is 9.59 Å². The van der Waals surface area contributed by atoms with Gasteiger partial charge in [0, 0.05) is 6.54 Å². The van der Waals surface area contributed by atoms with Crippen molar-refractivity contribution >= 4 is 11.7 Å². The normalized spacial score (nSPS) is 24.9. The molecule has 1 aliphatic rings. The van der Waals surface area contributed by atoms with Crippen LogP contribution in [-0.4, -0.2) is 42.3 Å². The largest absolute Gasteiger partial charge is 0.332 e. The standard InChI is InChI=1S/C11H20N2O2/c1-8(9(2)14)13-7-5-4-6-10(12-3)11(13)15/h8,10,12H,4-7H2,1-3H3. The highest BCUT2D eigenvalue weighted by molar-refractivity contribution is 5.89. The van der Waals surface area contributed by atoms with E-state index in [-0.39, 0.29) is 23.8 Å². The van der Waals surface area contributed by atoms with E-state index in [1.807, 2.05) is 0 Å². The minimum absolute atomic E-state index is 0.0557. The van der Waals surface area contributed by atoms with E-state index in [4.69, 9.17) is 0 Å². The van der Waals surface area contributed by atoms with Crippen molar-refractivity contribution in [3.63, 3.8) is 0 Å². The molecule has 0 bridgehead atoms. The third kappa shape index (κ3) is 2.78. The number of ketones is 1. The van der Waals surface area contributed by atoms with Gasteiger partial charge < -0.3 is 10.2 Å². The summed E-state index contributed by atoms with van der Waals surface area (Å²) in [4.78, 5) is 25.0. The number of nitrogens with one attached hydrogen (secondary N) is 1. The van der Waals surface area contributed by atoms with Gasteiger partial charge in [-0.2, -0.15) is 0 Å². The van der Waals surface area contributed by atoms with Gasteiger partial charge in [0.25, 0.3) is 0 Å². The topological polar surface area (TPSA) is 49.4 Å². The lowest BCUT2D eigenvalue weighted by atomic mass is 10.1. The van der Waals surface area contributed by atoms with Crippen molar-refractivity contribution in [2.45, 2.75) is 45.2 Å². The zero-order valence-electron chi connectivity index (χ0n) is 9.75. The zero-order valence-corrected chi connectivity index (χ0v) is 9.75. The average molecular weight is 212 g/mol. The number of carbonyl (C=O) groups excluding carboxylic acids is 2. The van der Waals surface area contributed by atoms with Crippen LogP contribution >= 0.6 is 0 Å². The van der Waals surface area contributed by atoms with Crippen LogP contribution < -0.4 is 5.32 Å². The van der Waals surface area contributed by atoms with Crippen LogP contribution in [0.2, 0.25) is 0 Å². The Hall–Kier alpha value is -0.900. The maximum Gasteiger partial charge on any atom is 0.240 e. The smallest absolute Gasteiger partial charge is 0.240 e. The molecule has 4 heteroatoms. The van der Waals surface area contributed by atoms with Crippen molar-refractivity contribution in [3.05, 3.63) is 0 Å². The Labute approximate surface area is 91.0 Å². The first kappa shape index (κ1) is 12.2. The fourth-order valence-electron chi connectivity index (χ4n) is 1.94. The molecule has 0 aromatic carbocycles. The number of Topliss-reactive ketones (excluding diaryl/α,β-unsaturated/α-hetero) is 1. The summed E-state index contributed by atoms with van der Waals surface area (Å²) in [5, 5.41) is 3.01. The van der Waals surface area contributed by atoms with Crippen LogP contribution in [0, 0.1) is 0 Å². The van der Waals surface area contributed by atoms with Gasteiger partial charge in [-0.1, -0.05) is 0 Å². The molecule has 0 radical (unpaired) electrons. The third-order valence-electron chi connectivity index (χ3n) is 3.13. The Morgan fingerprint density at radius 3 is 2.73 bits per heavy atom. The maximum absolute atomic E-state index is 12.0. The first-order chi connectivity index (χ1) is 7.07. The van der Waals surface area contributed by atoms with E-state index in [1.54, 1.807) is 18.9 Å². The first-order valence-corrected chi connectivity index (χ1v) is 5.56. The van der Waals surface area contributed by atoms with Gasteiger partial charge in [0.05, 0.1) is 12.1 Å². The second kappa shape index (κ2) is 5.26. The molecule has 4 nitrogen and oxygen atoms in total. The van der Waals surface area contributed by atoms with Gasteiger partial charge in [0.2, 0.25) is 5.91 Å². The number of rotatable bonds is 3. The number of hydrogen-bond acceptors (Lipinski definition) is 3. The Morgan fingerprint density at radius 2 is 2.20 bits per heavy atom. The SMILES string of the molecule is CNC1CCCCN(C(C)C(C)=O)C1=O. The van der Waals surface area contributed by atoms with Gasteiger partial charge >= 0.3 is 0 Å². The van der Waals surface area contributed by atoms with Gasteiger partial charge in [-0.15, -0.1) is 0 Å². The highest BCUT2D eigenvalue weighted by Crippen LogP contribution is 2.14. The molecule has 1 saturated heterocycles. The van der Waals surface area contributed by atoms with Crippen molar-refractivity contribution in [1.29, 1.82) is 0 Å². The third-order valence-corrected chi connectivity index (χ3v) is 3.13. The number of carbonyl (C=O) groups is 2. The van der Waals surface area contributed by atoms with E-state index in [0.717, 1.165) is 19.3 Å². The molecule has 1 rings (SSSR count). The second-order valence-electron chi connectivity index (χ2n) is 4.16. The molecule has 1 amide bonds. The van der Waals surface area contributed by atoms with E-state index in [0.29, 0.717) is 6.54 Å². The quantitative estimate of drug-likeness (QED) is 0.744. The highest BCUT2D eigenvalue weighted by Gasteiger charge is 2.30. The lowest BCUT2D eigenvalue weighted by Crippen LogP contribution is -2.49. The molecular formula is C11H20N2O2. The van der Waals surface area contributed by atoms with Gasteiger partial charge in [0.15, 0.2) is 5.78 Å². The lowest BCUT2D eigenvalue weighted by molar-refractivity contribution is -0.139. The summed E-state index contributed by atoms with van der Waals surface area (Å²) >= 11 is 0. The van der Waals surface area contributed by atoms with Crippen molar-refractivity contribution in [2.24, 2.45) is 0 Å². The van der Waals surface area contributed by atoms with E-state index < -0.39 is 0 Å². The summed E-state index contributed by atoms with van der Waals surface area (Å²) in [7, 11) is 1.80. The van der Waals surface area contributed by atoms with Crippen molar-refractivity contribution in [3.8, 4) is 0 Å². The zero-order chi connectivity index (χ0) is 11.4. The van der Waals surface area contributed by atoms with Crippen molar-refractivity contribution in [2.75, 3.05) is 13.6 Å². The fourth-order valence-corrected chi connectivity index (χ4v) is 1.94. The number of amides is 1. The number of likely N-dealkylation sites (tertiary alicyclic amines) is 1. The lowest BCUT2D eigenvalue weighted by Gasteiger charge is -2.28. The minimum Gasteiger partial charge on any atom is -0.332 e. The van der Waals surface area contributed by atoms with Crippen LogP contribution in [0.3, 0.4) is 0 Å².